The van der Waals surface area contributed by atoms with Crippen molar-refractivity contribution in [2.45, 2.75) is 19.1 Å². The van der Waals surface area contributed by atoms with Crippen LogP contribution in [0.5, 0.6) is 0 Å². The molecule has 0 aliphatic rings. The van der Waals surface area contributed by atoms with E-state index in [0.29, 0.717) is 25.5 Å². The second-order valence-corrected chi connectivity index (χ2v) is 5.25. The van der Waals surface area contributed by atoms with Gasteiger partial charge >= 0.3 is 0 Å². The molecule has 0 saturated carbocycles. The minimum Gasteiger partial charge on any atom is -0.389 e. The molecule has 0 aromatic rings. The summed E-state index contributed by atoms with van der Waals surface area (Å²) in [5.74, 6) is 0.594. The van der Waals surface area contributed by atoms with Crippen LogP contribution >= 0.6 is 0 Å². The number of aliphatic hydroxyl groups is 1. The highest BCUT2D eigenvalue weighted by molar-refractivity contribution is 7.84. The Hall–Kier alpha value is -0.0100. The third kappa shape index (κ3) is 10.5. The smallest absolute Gasteiger partial charge is 0.0897 e. The van der Waals surface area contributed by atoms with Crippen molar-refractivity contribution in [3.63, 3.8) is 0 Å². The molecule has 3 atom stereocenters. The normalized spacial score (nSPS) is 17.0. The standard InChI is InChI=1S/C10H23NO4S/c1-9(8-16(3)13)11-6-10(12)7-15-5-4-14-2/h9-12H,4-8H2,1-3H3. The van der Waals surface area contributed by atoms with Crippen molar-refractivity contribution < 1.29 is 18.8 Å². The molecule has 0 spiro atoms. The molecule has 0 saturated heterocycles. The Labute approximate surface area is 100.0 Å². The van der Waals surface area contributed by atoms with Gasteiger partial charge in [0.25, 0.3) is 0 Å². The predicted molar refractivity (Wildman–Crippen MR) is 65.1 cm³/mol. The lowest BCUT2D eigenvalue weighted by Crippen LogP contribution is -2.38. The average Bonchev–Trinajstić information content (AvgIpc) is 2.20. The van der Waals surface area contributed by atoms with Crippen molar-refractivity contribution in [3.05, 3.63) is 0 Å². The highest BCUT2D eigenvalue weighted by Gasteiger charge is 2.08. The molecule has 0 bridgehead atoms. The van der Waals surface area contributed by atoms with Gasteiger partial charge in [0.15, 0.2) is 0 Å². The van der Waals surface area contributed by atoms with Crippen LogP contribution in [-0.2, 0) is 20.3 Å². The number of hydrogen-bond donors (Lipinski definition) is 2. The van der Waals surface area contributed by atoms with Crippen molar-refractivity contribution in [1.82, 2.24) is 5.32 Å². The summed E-state index contributed by atoms with van der Waals surface area (Å²) in [5, 5.41) is 12.6. The van der Waals surface area contributed by atoms with Crippen LogP contribution in [0.15, 0.2) is 0 Å². The number of ether oxygens (including phenoxy) is 2. The number of nitrogens with one attached hydrogen (secondary N) is 1. The van der Waals surface area contributed by atoms with E-state index in [0.717, 1.165) is 0 Å². The van der Waals surface area contributed by atoms with E-state index in [1.807, 2.05) is 6.92 Å². The Balaban J connectivity index is 3.41. The molecule has 3 unspecified atom stereocenters. The molecule has 0 heterocycles. The summed E-state index contributed by atoms with van der Waals surface area (Å²) >= 11 is 0. The van der Waals surface area contributed by atoms with Gasteiger partial charge in [-0.05, 0) is 6.92 Å². The average molecular weight is 253 g/mol. The van der Waals surface area contributed by atoms with Gasteiger partial charge in [-0.25, -0.2) is 0 Å². The topological polar surface area (TPSA) is 67.8 Å². The van der Waals surface area contributed by atoms with Crippen LogP contribution < -0.4 is 5.32 Å². The monoisotopic (exact) mass is 253 g/mol. The first-order valence-corrected chi connectivity index (χ1v) is 7.07. The first-order chi connectivity index (χ1) is 7.56. The van der Waals surface area contributed by atoms with Crippen LogP contribution in [0.4, 0.5) is 0 Å². The summed E-state index contributed by atoms with van der Waals surface area (Å²) < 4.78 is 20.9. The number of methoxy groups -OCH3 is 1. The highest BCUT2D eigenvalue weighted by Crippen LogP contribution is 1.89. The second kappa shape index (κ2) is 10.2. The summed E-state index contributed by atoms with van der Waals surface area (Å²) in [6, 6.07) is 0.138. The van der Waals surface area contributed by atoms with Crippen LogP contribution in [0.25, 0.3) is 0 Å². The van der Waals surface area contributed by atoms with E-state index in [1.54, 1.807) is 13.4 Å². The van der Waals surface area contributed by atoms with Gasteiger partial charge in [-0.2, -0.15) is 0 Å². The molecule has 2 N–H and O–H groups in total. The molecule has 0 aliphatic carbocycles. The Bertz CT molecular complexity index is 192. The fourth-order valence-corrected chi connectivity index (χ4v) is 1.99. The van der Waals surface area contributed by atoms with E-state index in [9.17, 15) is 9.32 Å². The van der Waals surface area contributed by atoms with Crippen molar-refractivity contribution in [1.29, 1.82) is 0 Å². The van der Waals surface area contributed by atoms with Gasteiger partial charge in [0, 0.05) is 42.5 Å². The zero-order chi connectivity index (χ0) is 12.4. The molecule has 0 radical (unpaired) electrons. The molecule has 0 aromatic heterocycles. The van der Waals surface area contributed by atoms with E-state index in [-0.39, 0.29) is 12.6 Å². The first-order valence-electron chi connectivity index (χ1n) is 5.34. The Morgan fingerprint density at radius 1 is 1.44 bits per heavy atom. The van der Waals surface area contributed by atoms with Gasteiger partial charge in [0.2, 0.25) is 0 Å². The van der Waals surface area contributed by atoms with Crippen molar-refractivity contribution in [3.8, 4) is 0 Å². The maximum Gasteiger partial charge on any atom is 0.0897 e. The third-order valence-corrected chi connectivity index (χ3v) is 2.90. The molecule has 0 amide bonds. The van der Waals surface area contributed by atoms with Gasteiger partial charge in [0.1, 0.15) is 0 Å². The van der Waals surface area contributed by atoms with E-state index in [1.165, 1.54) is 0 Å². The van der Waals surface area contributed by atoms with Crippen LogP contribution in [0.2, 0.25) is 0 Å². The molecule has 0 aliphatic heterocycles. The van der Waals surface area contributed by atoms with Crippen LogP contribution in [-0.4, -0.2) is 66.9 Å². The number of rotatable bonds is 10. The maximum absolute atomic E-state index is 10.9. The van der Waals surface area contributed by atoms with Crippen LogP contribution in [0, 0.1) is 0 Å². The number of aliphatic hydroxyl groups excluding tert-OH is 1. The van der Waals surface area contributed by atoms with Crippen molar-refractivity contribution in [2.75, 3.05) is 45.5 Å². The number of hydrogen-bond acceptors (Lipinski definition) is 5. The van der Waals surface area contributed by atoms with Crippen molar-refractivity contribution >= 4 is 10.8 Å². The quantitative estimate of drug-likeness (QED) is 0.507. The summed E-state index contributed by atoms with van der Waals surface area (Å²) in [4.78, 5) is 0. The molecule has 98 valence electrons. The fraction of sp³-hybridized carbons (Fsp3) is 1.00. The Morgan fingerprint density at radius 3 is 2.69 bits per heavy atom. The van der Waals surface area contributed by atoms with Gasteiger partial charge < -0.3 is 19.9 Å². The molecule has 5 nitrogen and oxygen atoms in total. The Kier molecular flexibility index (Phi) is 10.2. The summed E-state index contributed by atoms with van der Waals surface area (Å²) in [7, 11) is 0.795. The first kappa shape index (κ1) is 16.0. The lowest BCUT2D eigenvalue weighted by Gasteiger charge is -2.16. The molecule has 0 fully saturated rings. The van der Waals surface area contributed by atoms with Gasteiger partial charge in [-0.15, -0.1) is 0 Å². The van der Waals surface area contributed by atoms with E-state index >= 15 is 0 Å². The second-order valence-electron chi connectivity index (χ2n) is 3.77. The highest BCUT2D eigenvalue weighted by atomic mass is 32.2. The SMILES string of the molecule is COCCOCC(O)CNC(C)CS(C)=O. The lowest BCUT2D eigenvalue weighted by molar-refractivity contribution is 0.0132. The van der Waals surface area contributed by atoms with Gasteiger partial charge in [-0.3, -0.25) is 4.21 Å². The largest absolute Gasteiger partial charge is 0.389 e. The van der Waals surface area contributed by atoms with Gasteiger partial charge in [0.05, 0.1) is 25.9 Å². The Morgan fingerprint density at radius 2 is 2.12 bits per heavy atom. The molecular weight excluding hydrogens is 230 g/mol. The van der Waals surface area contributed by atoms with Gasteiger partial charge in [-0.1, -0.05) is 0 Å². The van der Waals surface area contributed by atoms with Crippen LogP contribution in [0.3, 0.4) is 0 Å². The van der Waals surface area contributed by atoms with E-state index in [4.69, 9.17) is 9.47 Å². The minimum absolute atomic E-state index is 0.138. The van der Waals surface area contributed by atoms with Crippen molar-refractivity contribution in [2.24, 2.45) is 0 Å². The predicted octanol–water partition coefficient (Wildman–Crippen LogP) is -0.633. The molecule has 0 rings (SSSR count). The summed E-state index contributed by atoms with van der Waals surface area (Å²) in [5.41, 5.74) is 0. The zero-order valence-electron chi connectivity index (χ0n) is 10.3. The summed E-state index contributed by atoms with van der Waals surface area (Å²) in [6.07, 6.45) is 1.13. The maximum atomic E-state index is 10.9. The molecule has 0 aromatic carbocycles. The third-order valence-electron chi connectivity index (χ3n) is 1.93. The fourth-order valence-electron chi connectivity index (χ4n) is 1.17. The summed E-state index contributed by atoms with van der Waals surface area (Å²) in [6.45, 7) is 3.71. The van der Waals surface area contributed by atoms with Crippen LogP contribution in [0.1, 0.15) is 6.92 Å². The van der Waals surface area contributed by atoms with E-state index < -0.39 is 16.9 Å². The molecule has 6 heteroatoms. The molecular formula is C10H23NO4S. The molecule has 16 heavy (non-hydrogen) atoms. The van der Waals surface area contributed by atoms with E-state index in [2.05, 4.69) is 5.32 Å². The lowest BCUT2D eigenvalue weighted by atomic mass is 10.3. The zero-order valence-corrected chi connectivity index (χ0v) is 11.1. The minimum atomic E-state index is -0.810.